The summed E-state index contributed by atoms with van der Waals surface area (Å²) in [5, 5.41) is 0. The van der Waals surface area contributed by atoms with Gasteiger partial charge in [-0.15, -0.1) is 0 Å². The number of carbonyl (C=O) groups is 2. The molecule has 0 fully saturated rings. The highest BCUT2D eigenvalue weighted by Crippen LogP contribution is 2.24. The molecule has 0 saturated heterocycles. The molecule has 1 rings (SSSR count). The summed E-state index contributed by atoms with van der Waals surface area (Å²) < 4.78 is 55.6. The molecule has 4 nitrogen and oxygen atoms in total. The summed E-state index contributed by atoms with van der Waals surface area (Å²) >= 11 is 0. The first-order valence-corrected chi connectivity index (χ1v) is 4.60. The van der Waals surface area contributed by atoms with Crippen LogP contribution in [0.15, 0.2) is 12.1 Å². The van der Waals surface area contributed by atoms with Gasteiger partial charge in [0.1, 0.15) is 5.82 Å². The summed E-state index contributed by atoms with van der Waals surface area (Å²) in [7, 11) is 1.71. The maximum absolute atomic E-state index is 13.6. The van der Waals surface area contributed by atoms with Crippen LogP contribution in [0.2, 0.25) is 0 Å². The fourth-order valence-electron chi connectivity index (χ4n) is 1.22. The van der Waals surface area contributed by atoms with Gasteiger partial charge in [-0.05, 0) is 6.07 Å². The van der Waals surface area contributed by atoms with Gasteiger partial charge >= 0.3 is 11.9 Å². The van der Waals surface area contributed by atoms with Crippen LogP contribution in [0.4, 0.5) is 13.2 Å². The van der Waals surface area contributed by atoms with Crippen molar-refractivity contribution < 1.29 is 33.6 Å². The standard InChI is InChI=1S/C11H9F3O4/c1-17-10(15)9(11(16)18-2)5-3-7(13)8(14)4-6(5)12/h3-4,9H,1-2H3/i9D. The molecule has 1 aromatic carbocycles. The SMILES string of the molecule is [2H]C(C(=O)OC)(C(=O)OC)c1cc(F)c(F)cc1F. The van der Waals surface area contributed by atoms with E-state index in [0.717, 1.165) is 14.2 Å². The zero-order valence-corrected chi connectivity index (χ0v) is 9.42. The number of hydrogen-bond acceptors (Lipinski definition) is 4. The number of rotatable bonds is 3. The van der Waals surface area contributed by atoms with Crippen LogP contribution in [0.1, 0.15) is 12.8 Å². The second-order valence-corrected chi connectivity index (χ2v) is 3.10. The van der Waals surface area contributed by atoms with Crippen molar-refractivity contribution in [2.24, 2.45) is 0 Å². The molecule has 1 aromatic rings. The number of ether oxygens (including phenoxy) is 2. The van der Waals surface area contributed by atoms with Gasteiger partial charge in [-0.25, -0.2) is 13.2 Å². The molecule has 0 heterocycles. The van der Waals surface area contributed by atoms with Crippen molar-refractivity contribution in [1.29, 1.82) is 0 Å². The first kappa shape index (κ1) is 12.4. The Balaban J connectivity index is 3.55. The highest BCUT2D eigenvalue weighted by molar-refractivity contribution is 6.00. The average Bonchev–Trinajstić information content (AvgIpc) is 2.39. The van der Waals surface area contributed by atoms with Crippen molar-refractivity contribution in [3.05, 3.63) is 35.1 Å². The van der Waals surface area contributed by atoms with Gasteiger partial charge in [-0.1, -0.05) is 0 Å². The van der Waals surface area contributed by atoms with E-state index in [0.29, 0.717) is 0 Å². The molecule has 0 atom stereocenters. The minimum Gasteiger partial charge on any atom is -0.468 e. The molecule has 0 N–H and O–H groups in total. The Kier molecular flexibility index (Phi) is 3.81. The van der Waals surface area contributed by atoms with Gasteiger partial charge in [0.15, 0.2) is 17.5 Å². The molecular formula is C11H9F3O4. The van der Waals surface area contributed by atoms with E-state index in [1.807, 2.05) is 0 Å². The summed E-state index contributed by atoms with van der Waals surface area (Å²) in [6.45, 7) is 0. The number of halogens is 3. The first-order valence-electron chi connectivity index (χ1n) is 5.10. The molecule has 0 saturated carbocycles. The normalized spacial score (nSPS) is 11.7. The van der Waals surface area contributed by atoms with Gasteiger partial charge in [-0.3, -0.25) is 9.59 Å². The maximum atomic E-state index is 13.6. The van der Waals surface area contributed by atoms with E-state index in [1.54, 1.807) is 0 Å². The van der Waals surface area contributed by atoms with Crippen LogP contribution in [0.5, 0.6) is 0 Å². The van der Waals surface area contributed by atoms with Crippen LogP contribution in [-0.2, 0) is 19.1 Å². The summed E-state index contributed by atoms with van der Waals surface area (Å²) in [6, 6.07) is 0.366. The molecule has 0 aliphatic heterocycles. The smallest absolute Gasteiger partial charge is 0.324 e. The van der Waals surface area contributed by atoms with Gasteiger partial charge in [0.25, 0.3) is 0 Å². The van der Waals surface area contributed by atoms with Crippen LogP contribution in [-0.4, -0.2) is 26.2 Å². The number of esters is 2. The number of benzene rings is 1. The number of carbonyl (C=O) groups excluding carboxylic acids is 2. The van der Waals surface area contributed by atoms with Crippen LogP contribution in [0.25, 0.3) is 0 Å². The Morgan fingerprint density at radius 3 is 1.94 bits per heavy atom. The highest BCUT2D eigenvalue weighted by Gasteiger charge is 2.34. The topological polar surface area (TPSA) is 52.6 Å². The van der Waals surface area contributed by atoms with Crippen molar-refractivity contribution in [2.45, 2.75) is 5.89 Å². The van der Waals surface area contributed by atoms with Crippen molar-refractivity contribution >= 4 is 11.9 Å². The van der Waals surface area contributed by atoms with E-state index in [4.69, 9.17) is 1.37 Å². The van der Waals surface area contributed by atoms with Gasteiger partial charge in [-0.2, -0.15) is 0 Å². The van der Waals surface area contributed by atoms with E-state index < -0.39 is 40.8 Å². The Morgan fingerprint density at radius 2 is 1.50 bits per heavy atom. The zero-order valence-electron chi connectivity index (χ0n) is 10.4. The fourth-order valence-corrected chi connectivity index (χ4v) is 1.22. The third-order valence-corrected chi connectivity index (χ3v) is 2.06. The second kappa shape index (κ2) is 5.52. The Bertz CT molecular complexity index is 517. The van der Waals surface area contributed by atoms with Gasteiger partial charge in [0.2, 0.25) is 0 Å². The van der Waals surface area contributed by atoms with E-state index in [2.05, 4.69) is 9.47 Å². The van der Waals surface area contributed by atoms with Crippen molar-refractivity contribution in [2.75, 3.05) is 14.2 Å². The number of hydrogen-bond donors (Lipinski definition) is 0. The molecule has 0 bridgehead atoms. The summed E-state index contributed by atoms with van der Waals surface area (Å²) in [5.74, 6) is -10.4. The van der Waals surface area contributed by atoms with E-state index in [9.17, 15) is 22.8 Å². The third kappa shape index (κ3) is 2.61. The molecule has 18 heavy (non-hydrogen) atoms. The average molecular weight is 263 g/mol. The van der Waals surface area contributed by atoms with Crippen LogP contribution in [0, 0.1) is 17.5 Å². The van der Waals surface area contributed by atoms with Crippen molar-refractivity contribution in [1.82, 2.24) is 0 Å². The lowest BCUT2D eigenvalue weighted by Gasteiger charge is -2.13. The fraction of sp³-hybridized carbons (Fsp3) is 0.273. The summed E-state index contributed by atoms with van der Waals surface area (Å²) in [5.41, 5.74) is -0.995. The molecule has 98 valence electrons. The molecule has 0 aliphatic rings. The largest absolute Gasteiger partial charge is 0.468 e. The predicted molar refractivity (Wildman–Crippen MR) is 53.1 cm³/mol. The maximum Gasteiger partial charge on any atom is 0.324 e. The molecule has 0 radical (unpaired) electrons. The van der Waals surface area contributed by atoms with Gasteiger partial charge in [0.05, 0.1) is 15.6 Å². The Hall–Kier alpha value is -2.05. The first-order chi connectivity index (χ1) is 8.78. The third-order valence-electron chi connectivity index (χ3n) is 2.06. The zero-order chi connectivity index (χ0) is 14.8. The van der Waals surface area contributed by atoms with Gasteiger partial charge in [0, 0.05) is 11.6 Å². The monoisotopic (exact) mass is 263 g/mol. The Labute approximate surface area is 102 Å². The molecule has 7 heteroatoms. The molecule has 0 aromatic heterocycles. The van der Waals surface area contributed by atoms with E-state index in [1.165, 1.54) is 0 Å². The lowest BCUT2D eigenvalue weighted by atomic mass is 9.98. The van der Waals surface area contributed by atoms with E-state index >= 15 is 0 Å². The molecule has 0 unspecified atom stereocenters. The summed E-state index contributed by atoms with van der Waals surface area (Å²) in [4.78, 5) is 23.0. The molecule has 0 aliphatic carbocycles. The minimum absolute atomic E-state index is 0.125. The summed E-state index contributed by atoms with van der Waals surface area (Å²) in [6.07, 6.45) is 0. The van der Waals surface area contributed by atoms with Crippen molar-refractivity contribution in [3.8, 4) is 0 Å². The van der Waals surface area contributed by atoms with Crippen LogP contribution in [0.3, 0.4) is 0 Å². The Morgan fingerprint density at radius 1 is 1.06 bits per heavy atom. The second-order valence-electron chi connectivity index (χ2n) is 3.10. The lowest BCUT2D eigenvalue weighted by Crippen LogP contribution is -2.25. The van der Waals surface area contributed by atoms with E-state index in [-0.39, 0.29) is 12.1 Å². The minimum atomic E-state index is -2.97. The molecular weight excluding hydrogens is 253 g/mol. The lowest BCUT2D eigenvalue weighted by molar-refractivity contribution is -0.154. The van der Waals surface area contributed by atoms with Crippen molar-refractivity contribution in [3.63, 3.8) is 0 Å². The van der Waals surface area contributed by atoms with Crippen LogP contribution >= 0.6 is 0 Å². The predicted octanol–water partition coefficient (Wildman–Crippen LogP) is 1.53. The van der Waals surface area contributed by atoms with Gasteiger partial charge < -0.3 is 9.47 Å². The van der Waals surface area contributed by atoms with Crippen LogP contribution < -0.4 is 0 Å². The number of methoxy groups -OCH3 is 2. The molecule has 0 spiro atoms. The quantitative estimate of drug-likeness (QED) is 0.471. The highest BCUT2D eigenvalue weighted by atomic mass is 19.2. The molecule has 0 amide bonds.